The SMILES string of the molecule is CNc1ccc(-c2ccccc2N)cc1N. The van der Waals surface area contributed by atoms with Crippen LogP contribution in [0.5, 0.6) is 0 Å². The molecule has 0 aliphatic rings. The number of nitrogen functional groups attached to an aromatic ring is 2. The molecule has 0 saturated heterocycles. The van der Waals surface area contributed by atoms with Crippen molar-refractivity contribution in [3.63, 3.8) is 0 Å². The molecule has 0 saturated carbocycles. The van der Waals surface area contributed by atoms with Crippen LogP contribution in [0.1, 0.15) is 0 Å². The first-order valence-electron chi connectivity index (χ1n) is 5.14. The minimum absolute atomic E-state index is 0.725. The minimum atomic E-state index is 0.725. The first-order chi connectivity index (χ1) is 7.72. The van der Waals surface area contributed by atoms with Gasteiger partial charge < -0.3 is 16.8 Å². The first kappa shape index (κ1) is 10.4. The highest BCUT2D eigenvalue weighted by molar-refractivity contribution is 5.81. The van der Waals surface area contributed by atoms with Gasteiger partial charge in [-0.3, -0.25) is 0 Å². The molecule has 0 bridgehead atoms. The third-order valence-electron chi connectivity index (χ3n) is 2.59. The summed E-state index contributed by atoms with van der Waals surface area (Å²) in [6.07, 6.45) is 0. The zero-order chi connectivity index (χ0) is 11.5. The van der Waals surface area contributed by atoms with Gasteiger partial charge in [0.05, 0.1) is 11.4 Å². The molecule has 5 N–H and O–H groups in total. The van der Waals surface area contributed by atoms with Crippen LogP contribution < -0.4 is 16.8 Å². The molecule has 0 amide bonds. The molecular weight excluding hydrogens is 198 g/mol. The Morgan fingerprint density at radius 3 is 2.31 bits per heavy atom. The van der Waals surface area contributed by atoms with Crippen LogP contribution in [0.4, 0.5) is 17.1 Å². The maximum absolute atomic E-state index is 5.92. The molecule has 16 heavy (non-hydrogen) atoms. The van der Waals surface area contributed by atoms with Gasteiger partial charge in [-0.25, -0.2) is 0 Å². The molecule has 0 spiro atoms. The Morgan fingerprint density at radius 1 is 0.938 bits per heavy atom. The second-order valence-electron chi connectivity index (χ2n) is 3.64. The van der Waals surface area contributed by atoms with Crippen LogP contribution in [-0.4, -0.2) is 7.05 Å². The molecule has 82 valence electrons. The van der Waals surface area contributed by atoms with Crippen molar-refractivity contribution in [3.05, 3.63) is 42.5 Å². The lowest BCUT2D eigenvalue weighted by atomic mass is 10.0. The normalized spacial score (nSPS) is 10.1. The summed E-state index contributed by atoms with van der Waals surface area (Å²) in [4.78, 5) is 0. The van der Waals surface area contributed by atoms with E-state index in [4.69, 9.17) is 11.5 Å². The average molecular weight is 213 g/mol. The molecule has 3 nitrogen and oxygen atoms in total. The molecule has 2 aromatic carbocycles. The maximum Gasteiger partial charge on any atom is 0.0571 e. The quantitative estimate of drug-likeness (QED) is 0.672. The number of benzene rings is 2. The number of hydrogen-bond acceptors (Lipinski definition) is 3. The molecule has 0 fully saturated rings. The number of hydrogen-bond donors (Lipinski definition) is 3. The van der Waals surface area contributed by atoms with E-state index >= 15 is 0 Å². The largest absolute Gasteiger partial charge is 0.398 e. The van der Waals surface area contributed by atoms with E-state index in [9.17, 15) is 0 Å². The molecule has 0 aromatic heterocycles. The molecule has 0 unspecified atom stereocenters. The van der Waals surface area contributed by atoms with Crippen molar-refractivity contribution < 1.29 is 0 Å². The lowest BCUT2D eigenvalue weighted by Gasteiger charge is -2.09. The molecule has 0 aliphatic carbocycles. The highest BCUT2D eigenvalue weighted by atomic mass is 14.8. The predicted octanol–water partition coefficient (Wildman–Crippen LogP) is 2.56. The van der Waals surface area contributed by atoms with Gasteiger partial charge in [0.25, 0.3) is 0 Å². The molecule has 2 aromatic rings. The molecule has 0 atom stereocenters. The fourth-order valence-electron chi connectivity index (χ4n) is 1.72. The third-order valence-corrected chi connectivity index (χ3v) is 2.59. The molecule has 3 heteroatoms. The highest BCUT2D eigenvalue weighted by Crippen LogP contribution is 2.29. The Labute approximate surface area is 95.1 Å². The van der Waals surface area contributed by atoms with Crippen LogP contribution in [-0.2, 0) is 0 Å². The van der Waals surface area contributed by atoms with Gasteiger partial charge in [0.2, 0.25) is 0 Å². The van der Waals surface area contributed by atoms with Crippen molar-refractivity contribution in [3.8, 4) is 11.1 Å². The van der Waals surface area contributed by atoms with E-state index in [2.05, 4.69) is 5.32 Å². The summed E-state index contributed by atoms with van der Waals surface area (Å²) >= 11 is 0. The van der Waals surface area contributed by atoms with E-state index in [1.807, 2.05) is 49.5 Å². The van der Waals surface area contributed by atoms with Crippen molar-refractivity contribution in [2.75, 3.05) is 23.8 Å². The van der Waals surface area contributed by atoms with Gasteiger partial charge in [-0.1, -0.05) is 24.3 Å². The Hall–Kier alpha value is -2.16. The minimum Gasteiger partial charge on any atom is -0.398 e. The lowest BCUT2D eigenvalue weighted by Crippen LogP contribution is -1.96. The fraction of sp³-hybridized carbons (Fsp3) is 0.0769. The summed E-state index contributed by atoms with van der Waals surface area (Å²) in [6, 6.07) is 13.7. The smallest absolute Gasteiger partial charge is 0.0571 e. The van der Waals surface area contributed by atoms with Crippen molar-refractivity contribution in [2.24, 2.45) is 0 Å². The Kier molecular flexibility index (Phi) is 2.68. The van der Waals surface area contributed by atoms with Crippen LogP contribution in [0.2, 0.25) is 0 Å². The van der Waals surface area contributed by atoms with E-state index < -0.39 is 0 Å². The predicted molar refractivity (Wildman–Crippen MR) is 70.2 cm³/mol. The van der Waals surface area contributed by atoms with Gasteiger partial charge in [0.1, 0.15) is 0 Å². The first-order valence-corrected chi connectivity index (χ1v) is 5.14. The number of nitrogens with one attached hydrogen (secondary N) is 1. The van der Waals surface area contributed by atoms with Gasteiger partial charge in [-0.2, -0.15) is 0 Å². The Morgan fingerprint density at radius 2 is 1.69 bits per heavy atom. The topological polar surface area (TPSA) is 64.1 Å². The summed E-state index contributed by atoms with van der Waals surface area (Å²) in [5, 5.41) is 3.03. The van der Waals surface area contributed by atoms with E-state index in [0.717, 1.165) is 28.2 Å². The number of para-hydroxylation sites is 1. The zero-order valence-corrected chi connectivity index (χ0v) is 9.20. The van der Waals surface area contributed by atoms with Crippen molar-refractivity contribution in [1.29, 1.82) is 0 Å². The summed E-state index contributed by atoms with van der Waals surface area (Å²) in [5.74, 6) is 0. The number of anilines is 3. The monoisotopic (exact) mass is 213 g/mol. The lowest BCUT2D eigenvalue weighted by molar-refractivity contribution is 1.50. The van der Waals surface area contributed by atoms with Gasteiger partial charge in [0, 0.05) is 18.3 Å². The molecule has 0 radical (unpaired) electrons. The molecule has 2 rings (SSSR count). The highest BCUT2D eigenvalue weighted by Gasteiger charge is 2.03. The summed E-state index contributed by atoms with van der Waals surface area (Å²) in [5.41, 5.74) is 16.3. The van der Waals surface area contributed by atoms with Crippen LogP contribution >= 0.6 is 0 Å². The van der Waals surface area contributed by atoms with Crippen LogP contribution in [0.15, 0.2) is 42.5 Å². The summed E-state index contributed by atoms with van der Waals surface area (Å²) < 4.78 is 0. The molecular formula is C13H15N3. The van der Waals surface area contributed by atoms with E-state index in [0.29, 0.717) is 0 Å². The zero-order valence-electron chi connectivity index (χ0n) is 9.20. The fourth-order valence-corrected chi connectivity index (χ4v) is 1.72. The maximum atomic E-state index is 5.92. The van der Waals surface area contributed by atoms with Crippen molar-refractivity contribution in [1.82, 2.24) is 0 Å². The van der Waals surface area contributed by atoms with E-state index in [1.165, 1.54) is 0 Å². The number of rotatable bonds is 2. The van der Waals surface area contributed by atoms with E-state index in [1.54, 1.807) is 0 Å². The number of nitrogens with two attached hydrogens (primary N) is 2. The van der Waals surface area contributed by atoms with Crippen LogP contribution in [0.25, 0.3) is 11.1 Å². The molecule has 0 heterocycles. The van der Waals surface area contributed by atoms with Gasteiger partial charge in [-0.05, 0) is 23.8 Å². The van der Waals surface area contributed by atoms with Crippen LogP contribution in [0, 0.1) is 0 Å². The Bertz CT molecular complexity index is 506. The van der Waals surface area contributed by atoms with Gasteiger partial charge >= 0.3 is 0 Å². The van der Waals surface area contributed by atoms with Crippen LogP contribution in [0.3, 0.4) is 0 Å². The second kappa shape index (κ2) is 4.14. The second-order valence-corrected chi connectivity index (χ2v) is 3.64. The Balaban J connectivity index is 2.50. The summed E-state index contributed by atoms with van der Waals surface area (Å²) in [6.45, 7) is 0. The van der Waals surface area contributed by atoms with Gasteiger partial charge in [-0.15, -0.1) is 0 Å². The standard InChI is InChI=1S/C13H15N3/c1-16-13-7-6-9(8-12(13)15)10-4-2-3-5-11(10)14/h2-8,16H,14-15H2,1H3. The van der Waals surface area contributed by atoms with Gasteiger partial charge in [0.15, 0.2) is 0 Å². The van der Waals surface area contributed by atoms with Crippen molar-refractivity contribution >= 4 is 17.1 Å². The summed E-state index contributed by atoms with van der Waals surface area (Å²) in [7, 11) is 1.85. The third kappa shape index (κ3) is 1.80. The van der Waals surface area contributed by atoms with E-state index in [-0.39, 0.29) is 0 Å². The average Bonchev–Trinajstić information content (AvgIpc) is 2.29. The van der Waals surface area contributed by atoms with Crippen molar-refractivity contribution in [2.45, 2.75) is 0 Å². The molecule has 0 aliphatic heterocycles.